The van der Waals surface area contributed by atoms with Crippen molar-refractivity contribution in [3.05, 3.63) is 0 Å². The van der Waals surface area contributed by atoms with Crippen LogP contribution in [0.2, 0.25) is 0 Å². The van der Waals surface area contributed by atoms with Gasteiger partial charge in [-0.15, -0.1) is 0 Å². The molecule has 2 amide bonds. The number of hydrogen-bond acceptors (Lipinski definition) is 1. The second kappa shape index (κ2) is 4.17. The summed E-state index contributed by atoms with van der Waals surface area (Å²) in [7, 11) is 0. The molecule has 0 saturated carbocycles. The van der Waals surface area contributed by atoms with Crippen molar-refractivity contribution in [1.82, 2.24) is 8.85 Å². The minimum Gasteiger partial charge on any atom is -0.338 e. The van der Waals surface area contributed by atoms with Gasteiger partial charge in [-0.05, 0) is 6.92 Å². The second-order valence-corrected chi connectivity index (χ2v) is 1.49. The standard InChI is InChI=1S/C3H7IN2O/c1-2-5-3(7)6-4/h2H2,1H3,(H2,5,6,7). The van der Waals surface area contributed by atoms with Gasteiger partial charge in [0.25, 0.3) is 0 Å². The van der Waals surface area contributed by atoms with Gasteiger partial charge in [0.2, 0.25) is 0 Å². The summed E-state index contributed by atoms with van der Waals surface area (Å²) >= 11 is 1.77. The summed E-state index contributed by atoms with van der Waals surface area (Å²) < 4.78 is 2.39. The Balaban J connectivity index is 3.00. The largest absolute Gasteiger partial charge is 0.338 e. The van der Waals surface area contributed by atoms with E-state index in [2.05, 4.69) is 8.85 Å². The second-order valence-electron chi connectivity index (χ2n) is 0.954. The minimum atomic E-state index is -0.136. The zero-order chi connectivity index (χ0) is 5.70. The number of carbonyl (C=O) groups is 1. The highest BCUT2D eigenvalue weighted by Crippen LogP contribution is 1.68. The van der Waals surface area contributed by atoms with Crippen LogP contribution >= 0.6 is 22.9 Å². The van der Waals surface area contributed by atoms with Crippen LogP contribution < -0.4 is 8.85 Å². The van der Waals surface area contributed by atoms with E-state index < -0.39 is 0 Å². The molecule has 3 nitrogen and oxygen atoms in total. The van der Waals surface area contributed by atoms with Crippen molar-refractivity contribution in [1.29, 1.82) is 0 Å². The molecule has 0 heterocycles. The molecular weight excluding hydrogens is 207 g/mol. The zero-order valence-electron chi connectivity index (χ0n) is 3.99. The molecule has 0 aromatic carbocycles. The van der Waals surface area contributed by atoms with Gasteiger partial charge in [0.05, 0.1) is 22.9 Å². The van der Waals surface area contributed by atoms with Gasteiger partial charge in [-0.25, -0.2) is 4.79 Å². The number of hydrogen-bond donors (Lipinski definition) is 2. The van der Waals surface area contributed by atoms with Crippen molar-refractivity contribution in [2.24, 2.45) is 0 Å². The highest BCUT2D eigenvalue weighted by Gasteiger charge is 1.87. The van der Waals surface area contributed by atoms with E-state index in [1.54, 1.807) is 22.9 Å². The number of rotatable bonds is 1. The van der Waals surface area contributed by atoms with Gasteiger partial charge in [-0.3, -0.25) is 3.53 Å². The zero-order valence-corrected chi connectivity index (χ0v) is 6.15. The maximum atomic E-state index is 10.2. The molecule has 0 aliphatic rings. The molecule has 0 atom stereocenters. The fourth-order valence-corrected chi connectivity index (χ4v) is 0.385. The smallest absolute Gasteiger partial charge is 0.323 e. The monoisotopic (exact) mass is 214 g/mol. The van der Waals surface area contributed by atoms with Gasteiger partial charge in [-0.2, -0.15) is 0 Å². The van der Waals surface area contributed by atoms with Gasteiger partial charge in [0, 0.05) is 6.54 Å². The van der Waals surface area contributed by atoms with Crippen LogP contribution in [0.25, 0.3) is 0 Å². The van der Waals surface area contributed by atoms with Gasteiger partial charge in [0.1, 0.15) is 0 Å². The third-order valence-corrected chi connectivity index (χ3v) is 0.913. The molecule has 0 aliphatic carbocycles. The normalized spacial score (nSPS) is 7.71. The molecule has 0 rings (SSSR count). The molecule has 0 aromatic rings. The molecule has 0 bridgehead atoms. The lowest BCUT2D eigenvalue weighted by atomic mass is 10.7. The van der Waals surface area contributed by atoms with E-state index in [-0.39, 0.29) is 6.03 Å². The van der Waals surface area contributed by atoms with Crippen LogP contribution in [0.15, 0.2) is 0 Å². The molecule has 0 aromatic heterocycles. The minimum absolute atomic E-state index is 0.136. The molecule has 0 aliphatic heterocycles. The van der Waals surface area contributed by atoms with Crippen molar-refractivity contribution in [2.45, 2.75) is 6.92 Å². The highest BCUT2D eigenvalue weighted by atomic mass is 127. The Labute approximate surface area is 56.3 Å². The first-order valence-corrected chi connectivity index (χ1v) is 3.03. The van der Waals surface area contributed by atoms with Crippen LogP contribution in [0.5, 0.6) is 0 Å². The molecule has 0 fully saturated rings. The van der Waals surface area contributed by atoms with E-state index in [1.165, 1.54) is 0 Å². The predicted molar refractivity (Wildman–Crippen MR) is 36.2 cm³/mol. The van der Waals surface area contributed by atoms with Crippen molar-refractivity contribution in [2.75, 3.05) is 6.54 Å². The number of nitrogens with one attached hydrogen (secondary N) is 2. The van der Waals surface area contributed by atoms with E-state index in [0.717, 1.165) is 0 Å². The molecule has 42 valence electrons. The molecule has 0 radical (unpaired) electrons. The Hall–Kier alpha value is 0. The van der Waals surface area contributed by atoms with Crippen LogP contribution in [0.1, 0.15) is 6.92 Å². The fourth-order valence-electron chi connectivity index (χ4n) is 0.194. The Morgan fingerprint density at radius 2 is 2.43 bits per heavy atom. The molecule has 0 spiro atoms. The summed E-state index contributed by atoms with van der Waals surface area (Å²) in [6.07, 6.45) is 0. The van der Waals surface area contributed by atoms with Crippen molar-refractivity contribution < 1.29 is 4.79 Å². The summed E-state index contributed by atoms with van der Waals surface area (Å²) in [4.78, 5) is 10.2. The number of urea groups is 1. The Bertz CT molecular complexity index is 66.0. The number of carbonyl (C=O) groups excluding carboxylic acids is 1. The number of amides is 2. The van der Waals surface area contributed by atoms with Crippen LogP contribution in [-0.2, 0) is 0 Å². The molecule has 4 heteroatoms. The molecule has 0 unspecified atom stereocenters. The molecule has 2 N–H and O–H groups in total. The summed E-state index contributed by atoms with van der Waals surface area (Å²) in [5.41, 5.74) is 0. The first-order valence-electron chi connectivity index (χ1n) is 1.95. The van der Waals surface area contributed by atoms with Crippen molar-refractivity contribution in [3.8, 4) is 0 Å². The summed E-state index contributed by atoms with van der Waals surface area (Å²) in [6.45, 7) is 2.54. The van der Waals surface area contributed by atoms with Gasteiger partial charge in [0.15, 0.2) is 0 Å². The SMILES string of the molecule is CCNC(=O)NI. The lowest BCUT2D eigenvalue weighted by molar-refractivity contribution is 0.248. The van der Waals surface area contributed by atoms with Crippen molar-refractivity contribution >= 4 is 28.9 Å². The van der Waals surface area contributed by atoms with Crippen LogP contribution in [0.3, 0.4) is 0 Å². The average molecular weight is 214 g/mol. The van der Waals surface area contributed by atoms with Gasteiger partial charge >= 0.3 is 6.03 Å². The van der Waals surface area contributed by atoms with Crippen LogP contribution in [-0.4, -0.2) is 12.6 Å². The van der Waals surface area contributed by atoms with Crippen molar-refractivity contribution in [3.63, 3.8) is 0 Å². The van der Waals surface area contributed by atoms with E-state index in [0.29, 0.717) is 6.54 Å². The number of halogens is 1. The van der Waals surface area contributed by atoms with E-state index in [4.69, 9.17) is 0 Å². The Morgan fingerprint density at radius 1 is 1.86 bits per heavy atom. The Morgan fingerprint density at radius 3 is 2.57 bits per heavy atom. The fraction of sp³-hybridized carbons (Fsp3) is 0.667. The summed E-state index contributed by atoms with van der Waals surface area (Å²) in [5, 5.41) is 2.54. The van der Waals surface area contributed by atoms with E-state index in [1.807, 2.05) is 6.92 Å². The lowest BCUT2D eigenvalue weighted by Gasteiger charge is -1.94. The third kappa shape index (κ3) is 3.84. The topological polar surface area (TPSA) is 41.1 Å². The highest BCUT2D eigenvalue weighted by molar-refractivity contribution is 14.1. The maximum Gasteiger partial charge on any atom is 0.323 e. The molecule has 7 heavy (non-hydrogen) atoms. The van der Waals surface area contributed by atoms with Gasteiger partial charge in [-0.1, -0.05) is 0 Å². The summed E-state index contributed by atoms with van der Waals surface area (Å²) in [6, 6.07) is -0.136. The summed E-state index contributed by atoms with van der Waals surface area (Å²) in [5.74, 6) is 0. The third-order valence-electron chi connectivity index (χ3n) is 0.423. The maximum absolute atomic E-state index is 10.2. The molecular formula is C3H7IN2O. The first-order chi connectivity index (χ1) is 3.31. The van der Waals surface area contributed by atoms with Gasteiger partial charge < -0.3 is 5.32 Å². The Kier molecular flexibility index (Phi) is 4.17. The lowest BCUT2D eigenvalue weighted by Crippen LogP contribution is -2.28. The average Bonchev–Trinajstić information content (AvgIpc) is 1.68. The van der Waals surface area contributed by atoms with Crippen LogP contribution in [0.4, 0.5) is 4.79 Å². The quantitative estimate of drug-likeness (QED) is 0.488. The first kappa shape index (κ1) is 7.00. The van der Waals surface area contributed by atoms with E-state index >= 15 is 0 Å². The molecule has 0 saturated heterocycles. The predicted octanol–water partition coefficient (Wildman–Crippen LogP) is 0.656. The van der Waals surface area contributed by atoms with E-state index in [9.17, 15) is 4.79 Å². The van der Waals surface area contributed by atoms with Crippen LogP contribution in [0, 0.1) is 0 Å².